The Hall–Kier alpha value is -0.970. The van der Waals surface area contributed by atoms with Gasteiger partial charge >= 0.3 is 6.18 Å². The van der Waals surface area contributed by atoms with E-state index in [1.807, 2.05) is 0 Å². The molecular formula is C7H8F3NO. The van der Waals surface area contributed by atoms with E-state index >= 15 is 0 Å². The standard InChI is InChI=1S/C7H8F3NO/c8-7(9,10)5-12-6-11-3-1-2-4-11/h1-4H,5-6H2. The molecule has 0 bridgehead atoms. The fraction of sp³-hybridized carbons (Fsp3) is 0.429. The number of ether oxygens (including phenoxy) is 1. The highest BCUT2D eigenvalue weighted by Gasteiger charge is 2.27. The Morgan fingerprint density at radius 2 is 1.75 bits per heavy atom. The first-order chi connectivity index (χ1) is 5.58. The molecule has 0 aromatic carbocycles. The summed E-state index contributed by atoms with van der Waals surface area (Å²) in [5, 5.41) is 0. The minimum Gasteiger partial charge on any atom is -0.351 e. The van der Waals surface area contributed by atoms with Gasteiger partial charge < -0.3 is 9.30 Å². The predicted molar refractivity (Wildman–Crippen MR) is 36.4 cm³/mol. The van der Waals surface area contributed by atoms with E-state index in [9.17, 15) is 13.2 Å². The zero-order chi connectivity index (χ0) is 9.03. The van der Waals surface area contributed by atoms with E-state index in [1.165, 1.54) is 4.57 Å². The van der Waals surface area contributed by atoms with Crippen LogP contribution in [0.15, 0.2) is 24.5 Å². The van der Waals surface area contributed by atoms with Gasteiger partial charge in [-0.15, -0.1) is 0 Å². The van der Waals surface area contributed by atoms with Crippen molar-refractivity contribution in [3.63, 3.8) is 0 Å². The van der Waals surface area contributed by atoms with Crippen LogP contribution in [0.1, 0.15) is 0 Å². The summed E-state index contributed by atoms with van der Waals surface area (Å²) in [6, 6.07) is 3.44. The van der Waals surface area contributed by atoms with Crippen LogP contribution in [0.2, 0.25) is 0 Å². The zero-order valence-corrected chi connectivity index (χ0v) is 6.21. The first-order valence-electron chi connectivity index (χ1n) is 3.33. The van der Waals surface area contributed by atoms with Gasteiger partial charge in [-0.05, 0) is 12.1 Å². The van der Waals surface area contributed by atoms with Gasteiger partial charge in [-0.1, -0.05) is 0 Å². The van der Waals surface area contributed by atoms with E-state index in [0.29, 0.717) is 0 Å². The largest absolute Gasteiger partial charge is 0.411 e. The van der Waals surface area contributed by atoms with Gasteiger partial charge in [0.1, 0.15) is 13.3 Å². The molecule has 2 nitrogen and oxygen atoms in total. The first-order valence-corrected chi connectivity index (χ1v) is 3.33. The molecule has 1 aromatic heterocycles. The molecule has 0 aliphatic carbocycles. The molecule has 0 atom stereocenters. The number of halogens is 3. The highest BCUT2D eigenvalue weighted by Crippen LogP contribution is 2.14. The Morgan fingerprint density at radius 1 is 1.17 bits per heavy atom. The highest BCUT2D eigenvalue weighted by molar-refractivity contribution is 4.89. The van der Waals surface area contributed by atoms with E-state index in [1.54, 1.807) is 24.5 Å². The van der Waals surface area contributed by atoms with Gasteiger partial charge in [-0.25, -0.2) is 0 Å². The van der Waals surface area contributed by atoms with Crippen LogP contribution >= 0.6 is 0 Å². The van der Waals surface area contributed by atoms with Gasteiger partial charge in [0.2, 0.25) is 0 Å². The van der Waals surface area contributed by atoms with Gasteiger partial charge in [0.05, 0.1) is 0 Å². The molecule has 0 saturated carbocycles. The van der Waals surface area contributed by atoms with Crippen molar-refractivity contribution in [2.24, 2.45) is 0 Å². The Balaban J connectivity index is 2.20. The first kappa shape index (κ1) is 9.12. The lowest BCUT2D eigenvalue weighted by Crippen LogP contribution is -2.17. The van der Waals surface area contributed by atoms with Gasteiger partial charge in [-0.2, -0.15) is 13.2 Å². The third-order valence-electron chi connectivity index (χ3n) is 1.17. The van der Waals surface area contributed by atoms with Gasteiger partial charge in [0, 0.05) is 12.4 Å². The number of aromatic nitrogens is 1. The van der Waals surface area contributed by atoms with E-state index in [-0.39, 0.29) is 6.73 Å². The van der Waals surface area contributed by atoms with Crippen LogP contribution in [0.3, 0.4) is 0 Å². The second-order valence-corrected chi connectivity index (χ2v) is 2.29. The van der Waals surface area contributed by atoms with Crippen LogP contribution in [0.5, 0.6) is 0 Å². The SMILES string of the molecule is FC(F)(F)COCn1cccc1. The van der Waals surface area contributed by atoms with Crippen LogP contribution in [0, 0.1) is 0 Å². The van der Waals surface area contributed by atoms with Gasteiger partial charge in [0.25, 0.3) is 0 Å². The summed E-state index contributed by atoms with van der Waals surface area (Å²) in [7, 11) is 0. The van der Waals surface area contributed by atoms with Crippen LogP contribution in [-0.4, -0.2) is 17.4 Å². The van der Waals surface area contributed by atoms with E-state index in [0.717, 1.165) is 0 Å². The Bertz CT molecular complexity index is 217. The van der Waals surface area contributed by atoms with Gasteiger partial charge in [0.15, 0.2) is 0 Å². The lowest BCUT2D eigenvalue weighted by Gasteiger charge is -2.07. The maximum Gasteiger partial charge on any atom is 0.411 e. The molecule has 0 aliphatic heterocycles. The van der Waals surface area contributed by atoms with Crippen LogP contribution in [-0.2, 0) is 11.5 Å². The molecule has 12 heavy (non-hydrogen) atoms. The quantitative estimate of drug-likeness (QED) is 0.692. The number of rotatable bonds is 3. The lowest BCUT2D eigenvalue weighted by atomic mass is 10.7. The Kier molecular flexibility index (Phi) is 2.75. The summed E-state index contributed by atoms with van der Waals surface area (Å²) in [4.78, 5) is 0. The van der Waals surface area contributed by atoms with E-state index < -0.39 is 12.8 Å². The summed E-state index contributed by atoms with van der Waals surface area (Å²) in [6.07, 6.45) is -0.972. The molecule has 0 unspecified atom stereocenters. The minimum atomic E-state index is -4.24. The van der Waals surface area contributed by atoms with Crippen LogP contribution in [0.25, 0.3) is 0 Å². The number of hydrogen-bond donors (Lipinski definition) is 0. The van der Waals surface area contributed by atoms with Crippen molar-refractivity contribution in [1.82, 2.24) is 4.57 Å². The molecule has 0 amide bonds. The smallest absolute Gasteiger partial charge is 0.351 e. The third-order valence-corrected chi connectivity index (χ3v) is 1.17. The summed E-state index contributed by atoms with van der Waals surface area (Å²) >= 11 is 0. The predicted octanol–water partition coefficient (Wildman–Crippen LogP) is 2.02. The molecule has 1 heterocycles. The monoisotopic (exact) mass is 179 g/mol. The molecule has 0 radical (unpaired) electrons. The Labute approximate surface area is 67.6 Å². The second-order valence-electron chi connectivity index (χ2n) is 2.29. The van der Waals surface area contributed by atoms with Gasteiger partial charge in [-0.3, -0.25) is 0 Å². The average Bonchev–Trinajstić information content (AvgIpc) is 2.36. The Morgan fingerprint density at radius 3 is 2.25 bits per heavy atom. The van der Waals surface area contributed by atoms with Crippen molar-refractivity contribution < 1.29 is 17.9 Å². The molecule has 0 N–H and O–H groups in total. The molecule has 68 valence electrons. The highest BCUT2D eigenvalue weighted by atomic mass is 19.4. The second kappa shape index (κ2) is 3.62. The maximum atomic E-state index is 11.6. The molecule has 0 spiro atoms. The molecular weight excluding hydrogens is 171 g/mol. The molecule has 0 saturated heterocycles. The summed E-state index contributed by atoms with van der Waals surface area (Å²) in [5.74, 6) is 0. The van der Waals surface area contributed by atoms with Crippen molar-refractivity contribution in [3.05, 3.63) is 24.5 Å². The number of nitrogens with zero attached hydrogens (tertiary/aromatic N) is 1. The summed E-state index contributed by atoms with van der Waals surface area (Å²) < 4.78 is 40.6. The number of alkyl halides is 3. The molecule has 0 aliphatic rings. The third kappa shape index (κ3) is 3.43. The summed E-state index contributed by atoms with van der Waals surface area (Å²) in [6.45, 7) is -1.27. The normalized spacial score (nSPS) is 11.9. The number of hydrogen-bond acceptors (Lipinski definition) is 1. The average molecular weight is 179 g/mol. The van der Waals surface area contributed by atoms with Crippen molar-refractivity contribution in [3.8, 4) is 0 Å². The van der Waals surface area contributed by atoms with Crippen molar-refractivity contribution in [1.29, 1.82) is 0 Å². The minimum absolute atomic E-state index is 0.0630. The fourth-order valence-corrected chi connectivity index (χ4v) is 0.723. The molecule has 5 heteroatoms. The van der Waals surface area contributed by atoms with E-state index in [4.69, 9.17) is 0 Å². The van der Waals surface area contributed by atoms with Crippen molar-refractivity contribution >= 4 is 0 Å². The van der Waals surface area contributed by atoms with Crippen molar-refractivity contribution in [2.75, 3.05) is 6.61 Å². The van der Waals surface area contributed by atoms with Crippen LogP contribution in [0.4, 0.5) is 13.2 Å². The lowest BCUT2D eigenvalue weighted by molar-refractivity contribution is -0.181. The van der Waals surface area contributed by atoms with Crippen LogP contribution < -0.4 is 0 Å². The summed E-state index contributed by atoms with van der Waals surface area (Å²) in [5.41, 5.74) is 0. The zero-order valence-electron chi connectivity index (χ0n) is 6.21. The topological polar surface area (TPSA) is 14.2 Å². The maximum absolute atomic E-state index is 11.6. The van der Waals surface area contributed by atoms with E-state index in [2.05, 4.69) is 4.74 Å². The fourth-order valence-electron chi connectivity index (χ4n) is 0.723. The van der Waals surface area contributed by atoms with Crippen molar-refractivity contribution in [2.45, 2.75) is 12.9 Å². The molecule has 1 aromatic rings. The molecule has 0 fully saturated rings. The molecule has 1 rings (SSSR count).